The standard InChI is InChI=1S/C20H25N3O.2ClH/c1-13-2-5-18-16(10-13)17(11-19(23-18)15-3-4-15)20(24)22-9-7-14-6-8-21-12-14;;/h2,5,10-11,14-15,21H,3-4,6-9,12H2,1H3,(H,22,24);2*1H. The lowest BCUT2D eigenvalue weighted by atomic mass is 10.0. The van der Waals surface area contributed by atoms with Gasteiger partial charge in [-0.2, -0.15) is 0 Å². The summed E-state index contributed by atoms with van der Waals surface area (Å²) in [6.45, 7) is 5.00. The SMILES string of the molecule is Cc1ccc2nc(C3CC3)cc(C(=O)NCCC3CCNC3)c2c1.Cl.Cl. The van der Waals surface area contributed by atoms with Crippen LogP contribution >= 0.6 is 24.8 Å². The van der Waals surface area contributed by atoms with Crippen molar-refractivity contribution in [3.05, 3.63) is 41.1 Å². The molecule has 1 unspecified atom stereocenters. The molecular weight excluding hydrogens is 369 g/mol. The molecule has 0 bridgehead atoms. The van der Waals surface area contributed by atoms with Crippen molar-refractivity contribution in [3.63, 3.8) is 0 Å². The number of aryl methyl sites for hydroxylation is 1. The number of halogens is 2. The van der Waals surface area contributed by atoms with Crippen LogP contribution in [-0.4, -0.2) is 30.5 Å². The molecule has 26 heavy (non-hydrogen) atoms. The Morgan fingerprint density at radius 1 is 1.23 bits per heavy atom. The molecule has 1 aliphatic heterocycles. The van der Waals surface area contributed by atoms with Crippen LogP contribution in [0.25, 0.3) is 10.9 Å². The highest BCUT2D eigenvalue weighted by molar-refractivity contribution is 6.06. The second kappa shape index (κ2) is 9.03. The Balaban J connectivity index is 0.00000121. The van der Waals surface area contributed by atoms with Crippen LogP contribution in [0.3, 0.4) is 0 Å². The number of rotatable bonds is 5. The molecule has 142 valence electrons. The maximum Gasteiger partial charge on any atom is 0.252 e. The van der Waals surface area contributed by atoms with Gasteiger partial charge in [-0.05, 0) is 69.8 Å². The third kappa shape index (κ3) is 4.67. The average Bonchev–Trinajstić information content (AvgIpc) is 3.31. The second-order valence-corrected chi connectivity index (χ2v) is 7.29. The van der Waals surface area contributed by atoms with Crippen molar-refractivity contribution in [3.8, 4) is 0 Å². The number of fused-ring (bicyclic) bond motifs is 1. The largest absolute Gasteiger partial charge is 0.352 e. The summed E-state index contributed by atoms with van der Waals surface area (Å²) >= 11 is 0. The van der Waals surface area contributed by atoms with E-state index >= 15 is 0 Å². The normalized spacial score (nSPS) is 18.9. The molecule has 2 N–H and O–H groups in total. The van der Waals surface area contributed by atoms with Gasteiger partial charge in [-0.15, -0.1) is 24.8 Å². The summed E-state index contributed by atoms with van der Waals surface area (Å²) in [6.07, 6.45) is 4.66. The fourth-order valence-electron chi connectivity index (χ4n) is 3.58. The highest BCUT2D eigenvalue weighted by Crippen LogP contribution is 2.40. The molecule has 1 amide bonds. The maximum absolute atomic E-state index is 12.8. The number of pyridine rings is 1. The molecular formula is C20H27Cl2N3O. The Morgan fingerprint density at radius 2 is 2.04 bits per heavy atom. The van der Waals surface area contributed by atoms with Gasteiger partial charge in [0, 0.05) is 23.5 Å². The van der Waals surface area contributed by atoms with Gasteiger partial charge >= 0.3 is 0 Å². The van der Waals surface area contributed by atoms with Crippen LogP contribution in [-0.2, 0) is 0 Å². The van der Waals surface area contributed by atoms with Gasteiger partial charge in [0.05, 0.1) is 11.1 Å². The number of amides is 1. The monoisotopic (exact) mass is 395 g/mol. The van der Waals surface area contributed by atoms with Gasteiger partial charge in [0.2, 0.25) is 0 Å². The fraction of sp³-hybridized carbons (Fsp3) is 0.500. The molecule has 4 rings (SSSR count). The minimum Gasteiger partial charge on any atom is -0.352 e. The molecule has 1 aliphatic carbocycles. The number of hydrogen-bond acceptors (Lipinski definition) is 3. The van der Waals surface area contributed by atoms with Crippen molar-refractivity contribution in [1.82, 2.24) is 15.6 Å². The number of nitrogens with zero attached hydrogens (tertiary/aromatic N) is 1. The maximum atomic E-state index is 12.8. The summed E-state index contributed by atoms with van der Waals surface area (Å²) in [5, 5.41) is 7.48. The van der Waals surface area contributed by atoms with E-state index in [1.807, 2.05) is 12.1 Å². The minimum absolute atomic E-state index is 0. The van der Waals surface area contributed by atoms with E-state index in [0.717, 1.165) is 53.8 Å². The zero-order chi connectivity index (χ0) is 16.5. The first-order valence-electron chi connectivity index (χ1n) is 9.11. The Kier molecular flexibility index (Phi) is 7.27. The number of carbonyl (C=O) groups excluding carboxylic acids is 1. The smallest absolute Gasteiger partial charge is 0.252 e. The van der Waals surface area contributed by atoms with E-state index in [1.165, 1.54) is 19.3 Å². The summed E-state index contributed by atoms with van der Waals surface area (Å²) in [5.74, 6) is 1.29. The van der Waals surface area contributed by atoms with E-state index in [0.29, 0.717) is 11.8 Å². The first kappa shape index (κ1) is 20.9. The third-order valence-electron chi connectivity index (χ3n) is 5.22. The molecule has 1 saturated heterocycles. The molecule has 6 heteroatoms. The lowest BCUT2D eigenvalue weighted by Crippen LogP contribution is -2.27. The Hall–Kier alpha value is -1.36. The number of carbonyl (C=O) groups is 1. The van der Waals surface area contributed by atoms with Gasteiger partial charge in [-0.25, -0.2) is 0 Å². The van der Waals surface area contributed by atoms with E-state index in [4.69, 9.17) is 4.98 Å². The molecule has 1 atom stereocenters. The molecule has 2 aliphatic rings. The first-order valence-corrected chi connectivity index (χ1v) is 9.11. The van der Waals surface area contributed by atoms with Crippen molar-refractivity contribution in [2.75, 3.05) is 19.6 Å². The van der Waals surface area contributed by atoms with E-state index in [1.54, 1.807) is 0 Å². The average molecular weight is 396 g/mol. The van der Waals surface area contributed by atoms with E-state index in [-0.39, 0.29) is 30.7 Å². The predicted molar refractivity (Wildman–Crippen MR) is 111 cm³/mol. The van der Waals surface area contributed by atoms with Crippen molar-refractivity contribution < 1.29 is 4.79 Å². The van der Waals surface area contributed by atoms with Crippen LogP contribution in [0.2, 0.25) is 0 Å². The Bertz CT molecular complexity index is 771. The highest BCUT2D eigenvalue weighted by atomic mass is 35.5. The molecule has 1 aromatic heterocycles. The topological polar surface area (TPSA) is 54.0 Å². The van der Waals surface area contributed by atoms with Crippen LogP contribution in [0.4, 0.5) is 0 Å². The molecule has 1 aromatic carbocycles. The van der Waals surface area contributed by atoms with Crippen LogP contribution < -0.4 is 10.6 Å². The van der Waals surface area contributed by atoms with Gasteiger partial charge in [0.25, 0.3) is 5.91 Å². The van der Waals surface area contributed by atoms with Crippen molar-refractivity contribution in [2.45, 2.75) is 38.5 Å². The van der Waals surface area contributed by atoms with E-state index in [2.05, 4.69) is 29.7 Å². The van der Waals surface area contributed by atoms with Gasteiger partial charge in [-0.1, -0.05) is 11.6 Å². The van der Waals surface area contributed by atoms with Gasteiger partial charge in [0.15, 0.2) is 0 Å². The first-order chi connectivity index (χ1) is 11.7. The minimum atomic E-state index is 0. The molecule has 2 aromatic rings. The van der Waals surface area contributed by atoms with Crippen LogP contribution in [0.5, 0.6) is 0 Å². The second-order valence-electron chi connectivity index (χ2n) is 7.29. The van der Waals surface area contributed by atoms with Crippen LogP contribution in [0, 0.1) is 12.8 Å². The van der Waals surface area contributed by atoms with Crippen molar-refractivity contribution in [2.24, 2.45) is 5.92 Å². The number of benzene rings is 1. The van der Waals surface area contributed by atoms with E-state index < -0.39 is 0 Å². The summed E-state index contributed by atoms with van der Waals surface area (Å²) in [4.78, 5) is 17.6. The molecule has 0 spiro atoms. The summed E-state index contributed by atoms with van der Waals surface area (Å²) in [5.41, 5.74) is 3.97. The molecule has 4 nitrogen and oxygen atoms in total. The van der Waals surface area contributed by atoms with Crippen LogP contribution in [0.1, 0.15) is 53.2 Å². The molecule has 2 heterocycles. The number of nitrogens with one attached hydrogen (secondary N) is 2. The molecule has 2 fully saturated rings. The van der Waals surface area contributed by atoms with Crippen molar-refractivity contribution in [1.29, 1.82) is 0 Å². The van der Waals surface area contributed by atoms with Crippen LogP contribution in [0.15, 0.2) is 24.3 Å². The zero-order valence-corrected chi connectivity index (χ0v) is 16.7. The van der Waals surface area contributed by atoms with Gasteiger partial charge < -0.3 is 10.6 Å². The lowest BCUT2D eigenvalue weighted by molar-refractivity contribution is 0.0953. The lowest BCUT2D eigenvalue weighted by Gasteiger charge is -2.12. The highest BCUT2D eigenvalue weighted by Gasteiger charge is 2.27. The van der Waals surface area contributed by atoms with Crippen molar-refractivity contribution >= 4 is 41.6 Å². The third-order valence-corrected chi connectivity index (χ3v) is 5.22. The number of aromatic nitrogens is 1. The quantitative estimate of drug-likeness (QED) is 0.804. The summed E-state index contributed by atoms with van der Waals surface area (Å²) in [6, 6.07) is 8.21. The predicted octanol–water partition coefficient (Wildman–Crippen LogP) is 3.99. The molecule has 0 radical (unpaired) electrons. The fourth-order valence-corrected chi connectivity index (χ4v) is 3.58. The van der Waals surface area contributed by atoms with Gasteiger partial charge in [-0.3, -0.25) is 9.78 Å². The zero-order valence-electron chi connectivity index (χ0n) is 15.1. The summed E-state index contributed by atoms with van der Waals surface area (Å²) < 4.78 is 0. The van der Waals surface area contributed by atoms with Gasteiger partial charge in [0.1, 0.15) is 0 Å². The Morgan fingerprint density at radius 3 is 2.73 bits per heavy atom. The van der Waals surface area contributed by atoms with E-state index in [9.17, 15) is 4.79 Å². The molecule has 1 saturated carbocycles. The number of hydrogen-bond donors (Lipinski definition) is 2. The summed E-state index contributed by atoms with van der Waals surface area (Å²) in [7, 11) is 0. The Labute approximate surface area is 167 Å².